The smallest absolute Gasteiger partial charge is 0.341 e. The van der Waals surface area contributed by atoms with E-state index in [1.165, 1.54) is 24.4 Å². The summed E-state index contributed by atoms with van der Waals surface area (Å²) in [6.07, 6.45) is 1.33. The number of para-hydroxylation sites is 1. The number of benzene rings is 1. The van der Waals surface area contributed by atoms with E-state index in [-0.39, 0.29) is 38.6 Å². The highest BCUT2D eigenvalue weighted by Gasteiger charge is 2.18. The molecule has 2 N–H and O–H groups in total. The minimum absolute atomic E-state index is 0.166. The van der Waals surface area contributed by atoms with E-state index in [1.807, 2.05) is 0 Å². The number of hydrogen-bond acceptors (Lipinski definition) is 5. The number of hydrogen-bond donors (Lipinski definition) is 2. The molecular weight excluding hydrogens is 395 g/mol. The molecule has 9 heteroatoms. The largest absolute Gasteiger partial charge is 0.478 e. The van der Waals surface area contributed by atoms with Crippen LogP contribution in [0.25, 0.3) is 11.3 Å². The van der Waals surface area contributed by atoms with Gasteiger partial charge in [-0.1, -0.05) is 35.3 Å². The Morgan fingerprint density at radius 2 is 1.67 bits per heavy atom. The molecule has 0 radical (unpaired) electrons. The molecule has 3 rings (SSSR count). The van der Waals surface area contributed by atoms with Crippen LogP contribution in [0, 0.1) is 0 Å². The molecule has 136 valence electrons. The third-order valence-corrected chi connectivity index (χ3v) is 4.11. The van der Waals surface area contributed by atoms with Crippen molar-refractivity contribution in [2.24, 2.45) is 0 Å². The van der Waals surface area contributed by atoms with Gasteiger partial charge in [-0.3, -0.25) is 0 Å². The van der Waals surface area contributed by atoms with Crippen LogP contribution in [0.5, 0.6) is 11.6 Å². The molecule has 2 heterocycles. The Bertz CT molecular complexity index is 1060. The predicted octanol–water partition coefficient (Wildman–Crippen LogP) is 4.64. The Morgan fingerprint density at radius 1 is 0.963 bits per heavy atom. The zero-order chi connectivity index (χ0) is 19.6. The molecule has 1 aromatic carbocycles. The summed E-state index contributed by atoms with van der Waals surface area (Å²) < 4.78 is 5.58. The van der Waals surface area contributed by atoms with E-state index in [0.29, 0.717) is 5.56 Å². The van der Waals surface area contributed by atoms with E-state index in [4.69, 9.17) is 27.9 Å². The molecule has 2 aromatic heterocycles. The minimum atomic E-state index is -1.25. The van der Waals surface area contributed by atoms with Crippen molar-refractivity contribution >= 4 is 35.1 Å². The number of halogens is 2. The number of carboxylic acids is 2. The standard InChI is InChI=1S/C18H10Cl2N2O5/c19-12-3-1-2-4-14(12)27-16-10(17(23)24)5-6-13(22-16)9-7-11(18(25)26)15(20)21-8-9/h1-8H,(H,23,24)(H,25,26). The second-order valence-electron chi connectivity index (χ2n) is 5.25. The van der Waals surface area contributed by atoms with Crippen molar-refractivity contribution < 1.29 is 24.5 Å². The maximum absolute atomic E-state index is 11.5. The highest BCUT2D eigenvalue weighted by molar-refractivity contribution is 6.32. The van der Waals surface area contributed by atoms with Crippen LogP contribution in [0.3, 0.4) is 0 Å². The van der Waals surface area contributed by atoms with Gasteiger partial charge in [0.15, 0.2) is 0 Å². The van der Waals surface area contributed by atoms with E-state index in [0.717, 1.165) is 0 Å². The molecule has 7 nitrogen and oxygen atoms in total. The fourth-order valence-electron chi connectivity index (χ4n) is 2.21. The summed E-state index contributed by atoms with van der Waals surface area (Å²) in [5.41, 5.74) is 0.206. The van der Waals surface area contributed by atoms with Crippen molar-refractivity contribution in [2.75, 3.05) is 0 Å². The van der Waals surface area contributed by atoms with Gasteiger partial charge in [-0.25, -0.2) is 19.6 Å². The summed E-state index contributed by atoms with van der Waals surface area (Å²) in [6, 6.07) is 10.5. The number of ether oxygens (including phenoxy) is 1. The molecular formula is C18H10Cl2N2O5. The van der Waals surface area contributed by atoms with Crippen LogP contribution in [0.15, 0.2) is 48.7 Å². The Morgan fingerprint density at radius 3 is 2.33 bits per heavy atom. The Hall–Kier alpha value is -3.16. The third-order valence-electron chi connectivity index (χ3n) is 3.50. The molecule has 0 bridgehead atoms. The second kappa shape index (κ2) is 7.61. The molecule has 0 saturated carbocycles. The van der Waals surface area contributed by atoms with Crippen molar-refractivity contribution in [3.8, 4) is 22.9 Å². The van der Waals surface area contributed by atoms with Crippen LogP contribution in [-0.4, -0.2) is 32.1 Å². The summed E-state index contributed by atoms with van der Waals surface area (Å²) in [4.78, 5) is 30.7. The average molecular weight is 405 g/mol. The zero-order valence-electron chi connectivity index (χ0n) is 13.4. The molecule has 0 aliphatic rings. The van der Waals surface area contributed by atoms with Gasteiger partial charge in [0.05, 0.1) is 16.3 Å². The monoisotopic (exact) mass is 404 g/mol. The molecule has 0 aliphatic heterocycles. The number of carboxylic acid groups (broad SMARTS) is 2. The molecule has 0 aliphatic carbocycles. The summed E-state index contributed by atoms with van der Waals surface area (Å²) in [7, 11) is 0. The Balaban J connectivity index is 2.09. The quantitative estimate of drug-likeness (QED) is 0.595. The van der Waals surface area contributed by atoms with Gasteiger partial charge in [-0.15, -0.1) is 0 Å². The van der Waals surface area contributed by atoms with Crippen molar-refractivity contribution in [2.45, 2.75) is 0 Å². The van der Waals surface area contributed by atoms with Crippen LogP contribution in [0.1, 0.15) is 20.7 Å². The molecule has 0 unspecified atom stereocenters. The van der Waals surface area contributed by atoms with Gasteiger partial charge in [0.1, 0.15) is 16.5 Å². The Labute approximate surface area is 162 Å². The first kappa shape index (κ1) is 18.6. The second-order valence-corrected chi connectivity index (χ2v) is 6.02. The van der Waals surface area contributed by atoms with Gasteiger partial charge in [0.25, 0.3) is 0 Å². The summed E-state index contributed by atoms with van der Waals surface area (Å²) in [6.45, 7) is 0. The van der Waals surface area contributed by atoms with Crippen LogP contribution in [0.2, 0.25) is 10.2 Å². The van der Waals surface area contributed by atoms with Gasteiger partial charge in [0.2, 0.25) is 5.88 Å². The predicted molar refractivity (Wildman–Crippen MR) is 97.9 cm³/mol. The summed E-state index contributed by atoms with van der Waals surface area (Å²) in [5, 5.41) is 18.7. The van der Waals surface area contributed by atoms with Gasteiger partial charge < -0.3 is 14.9 Å². The Kier molecular flexibility index (Phi) is 5.25. The fraction of sp³-hybridized carbons (Fsp3) is 0. The number of aromatic carboxylic acids is 2. The minimum Gasteiger partial charge on any atom is -0.478 e. The number of rotatable bonds is 5. The van der Waals surface area contributed by atoms with E-state index in [2.05, 4.69) is 9.97 Å². The SMILES string of the molecule is O=C(O)c1cc(-c2ccc(C(=O)O)c(Oc3ccccc3Cl)n2)cnc1Cl. The van der Waals surface area contributed by atoms with Gasteiger partial charge >= 0.3 is 11.9 Å². The van der Waals surface area contributed by atoms with Gasteiger partial charge in [0, 0.05) is 11.8 Å². The van der Waals surface area contributed by atoms with Gasteiger partial charge in [-0.05, 0) is 30.3 Å². The lowest BCUT2D eigenvalue weighted by atomic mass is 10.1. The van der Waals surface area contributed by atoms with Crippen LogP contribution in [0.4, 0.5) is 0 Å². The summed E-state index contributed by atoms with van der Waals surface area (Å²) >= 11 is 11.8. The van der Waals surface area contributed by atoms with Crippen molar-refractivity contribution in [3.05, 3.63) is 70.0 Å². The van der Waals surface area contributed by atoms with E-state index in [1.54, 1.807) is 24.3 Å². The highest BCUT2D eigenvalue weighted by Crippen LogP contribution is 2.32. The van der Waals surface area contributed by atoms with Crippen LogP contribution < -0.4 is 4.74 Å². The lowest BCUT2D eigenvalue weighted by molar-refractivity contribution is 0.0684. The number of carbonyl (C=O) groups is 2. The van der Waals surface area contributed by atoms with Gasteiger partial charge in [-0.2, -0.15) is 0 Å². The van der Waals surface area contributed by atoms with E-state index >= 15 is 0 Å². The maximum atomic E-state index is 11.5. The number of pyridine rings is 2. The topological polar surface area (TPSA) is 110 Å². The van der Waals surface area contributed by atoms with Crippen molar-refractivity contribution in [1.82, 2.24) is 9.97 Å². The van der Waals surface area contributed by atoms with E-state index < -0.39 is 11.9 Å². The molecule has 0 amide bonds. The molecule has 0 fully saturated rings. The lowest BCUT2D eigenvalue weighted by Crippen LogP contribution is -2.04. The molecule has 27 heavy (non-hydrogen) atoms. The van der Waals surface area contributed by atoms with Crippen molar-refractivity contribution in [1.29, 1.82) is 0 Å². The molecule has 0 saturated heterocycles. The molecule has 0 spiro atoms. The number of nitrogens with zero attached hydrogens (tertiary/aromatic N) is 2. The fourth-order valence-corrected chi connectivity index (χ4v) is 2.57. The van der Waals surface area contributed by atoms with E-state index in [9.17, 15) is 19.8 Å². The maximum Gasteiger partial charge on any atom is 0.341 e. The lowest BCUT2D eigenvalue weighted by Gasteiger charge is -2.11. The first-order chi connectivity index (χ1) is 12.9. The first-order valence-electron chi connectivity index (χ1n) is 7.42. The summed E-state index contributed by atoms with van der Waals surface area (Å²) in [5.74, 6) is -2.45. The normalized spacial score (nSPS) is 10.4. The van der Waals surface area contributed by atoms with Crippen LogP contribution >= 0.6 is 23.2 Å². The first-order valence-corrected chi connectivity index (χ1v) is 8.18. The zero-order valence-corrected chi connectivity index (χ0v) is 14.9. The average Bonchev–Trinajstić information content (AvgIpc) is 2.63. The highest BCUT2D eigenvalue weighted by atomic mass is 35.5. The number of aromatic nitrogens is 2. The molecule has 3 aromatic rings. The van der Waals surface area contributed by atoms with Crippen molar-refractivity contribution in [3.63, 3.8) is 0 Å². The van der Waals surface area contributed by atoms with Crippen LogP contribution in [-0.2, 0) is 0 Å². The molecule has 0 atom stereocenters. The third kappa shape index (κ3) is 3.99.